The van der Waals surface area contributed by atoms with Crippen LogP contribution < -0.4 is 0 Å². The third-order valence-electron chi connectivity index (χ3n) is 3.50. The molecule has 1 aliphatic carbocycles. The molecule has 0 bridgehead atoms. The quantitative estimate of drug-likeness (QED) is 0.877. The number of Topliss-reactive ketones (excluding diaryl/α,β-unsaturated/α-hetero) is 1. The van der Waals surface area contributed by atoms with E-state index in [0.29, 0.717) is 29.0 Å². The van der Waals surface area contributed by atoms with E-state index in [0.717, 1.165) is 5.56 Å². The summed E-state index contributed by atoms with van der Waals surface area (Å²) in [6, 6.07) is 10.8. The Morgan fingerprint density at radius 1 is 1.14 bits per heavy atom. The fourth-order valence-electron chi connectivity index (χ4n) is 2.38. The molecular weight excluding hydrogens is 264 g/mol. The number of nitrogens with zero attached hydrogens (tertiary/aromatic N) is 2. The molecule has 0 fully saturated rings. The highest BCUT2D eigenvalue weighted by atomic mass is 16.3. The van der Waals surface area contributed by atoms with Gasteiger partial charge in [0.2, 0.25) is 0 Å². The van der Waals surface area contributed by atoms with Gasteiger partial charge in [-0.25, -0.2) is 0 Å². The van der Waals surface area contributed by atoms with E-state index < -0.39 is 0 Å². The lowest BCUT2D eigenvalue weighted by atomic mass is 10.1. The van der Waals surface area contributed by atoms with E-state index in [1.807, 2.05) is 12.1 Å². The molecule has 0 saturated heterocycles. The summed E-state index contributed by atoms with van der Waals surface area (Å²) in [6.45, 7) is 2.20. The SMILES string of the molecule is CC(=NCc1ccncc1)C1=C(O)c2ccccc2C1=O. The van der Waals surface area contributed by atoms with Gasteiger partial charge in [-0.05, 0) is 24.6 Å². The normalized spacial score (nSPS) is 14.5. The summed E-state index contributed by atoms with van der Waals surface area (Å²) in [6.07, 6.45) is 3.40. The molecule has 1 N–H and O–H groups in total. The van der Waals surface area contributed by atoms with Crippen LogP contribution in [-0.4, -0.2) is 21.6 Å². The molecule has 1 aromatic heterocycles. The van der Waals surface area contributed by atoms with Crippen molar-refractivity contribution in [2.24, 2.45) is 4.99 Å². The smallest absolute Gasteiger partial charge is 0.199 e. The van der Waals surface area contributed by atoms with Crippen molar-refractivity contribution in [1.82, 2.24) is 4.98 Å². The zero-order chi connectivity index (χ0) is 14.8. The van der Waals surface area contributed by atoms with Crippen LogP contribution >= 0.6 is 0 Å². The highest BCUT2D eigenvalue weighted by molar-refractivity contribution is 6.35. The van der Waals surface area contributed by atoms with Crippen LogP contribution in [0.3, 0.4) is 0 Å². The number of pyridine rings is 1. The van der Waals surface area contributed by atoms with Gasteiger partial charge in [0, 0.05) is 29.2 Å². The number of aliphatic hydroxyl groups is 1. The Bertz CT molecular complexity index is 761. The molecule has 0 atom stereocenters. The highest BCUT2D eigenvalue weighted by Gasteiger charge is 2.30. The predicted molar refractivity (Wildman–Crippen MR) is 81.4 cm³/mol. The van der Waals surface area contributed by atoms with Crippen molar-refractivity contribution in [3.05, 3.63) is 71.1 Å². The van der Waals surface area contributed by atoms with Crippen LogP contribution in [0.25, 0.3) is 5.76 Å². The first-order valence-electron chi connectivity index (χ1n) is 6.66. The Balaban J connectivity index is 1.91. The van der Waals surface area contributed by atoms with Crippen molar-refractivity contribution >= 4 is 17.3 Å². The maximum absolute atomic E-state index is 12.4. The summed E-state index contributed by atoms with van der Waals surface area (Å²) in [7, 11) is 0. The number of carbonyl (C=O) groups is 1. The largest absolute Gasteiger partial charge is 0.506 e. The van der Waals surface area contributed by atoms with Crippen molar-refractivity contribution in [2.75, 3.05) is 0 Å². The minimum absolute atomic E-state index is 0.0200. The molecule has 4 heteroatoms. The van der Waals surface area contributed by atoms with Gasteiger partial charge in [-0.3, -0.25) is 14.8 Å². The van der Waals surface area contributed by atoms with Gasteiger partial charge in [0.1, 0.15) is 5.76 Å². The number of aliphatic imine (C=N–C) groups is 1. The summed E-state index contributed by atoms with van der Waals surface area (Å²) in [4.78, 5) is 20.7. The average molecular weight is 278 g/mol. The monoisotopic (exact) mass is 278 g/mol. The fraction of sp³-hybridized carbons (Fsp3) is 0.118. The topological polar surface area (TPSA) is 62.6 Å². The minimum atomic E-state index is -0.168. The minimum Gasteiger partial charge on any atom is -0.506 e. The van der Waals surface area contributed by atoms with Crippen LogP contribution in [0, 0.1) is 0 Å². The number of rotatable bonds is 3. The lowest BCUT2D eigenvalue weighted by Crippen LogP contribution is -2.08. The second-order valence-electron chi connectivity index (χ2n) is 4.86. The average Bonchev–Trinajstić information content (AvgIpc) is 2.78. The first-order chi connectivity index (χ1) is 10.2. The summed E-state index contributed by atoms with van der Waals surface area (Å²) >= 11 is 0. The molecule has 1 aliphatic rings. The van der Waals surface area contributed by atoms with E-state index in [2.05, 4.69) is 9.98 Å². The number of allylic oxidation sites excluding steroid dienone is 1. The van der Waals surface area contributed by atoms with Crippen LogP contribution in [0.1, 0.15) is 28.4 Å². The van der Waals surface area contributed by atoms with E-state index in [-0.39, 0.29) is 11.5 Å². The lowest BCUT2D eigenvalue weighted by Gasteiger charge is -2.02. The second kappa shape index (κ2) is 5.32. The lowest BCUT2D eigenvalue weighted by molar-refractivity contribution is 0.104. The van der Waals surface area contributed by atoms with Crippen molar-refractivity contribution in [2.45, 2.75) is 13.5 Å². The number of ketones is 1. The zero-order valence-corrected chi connectivity index (χ0v) is 11.6. The first kappa shape index (κ1) is 13.2. The molecule has 0 spiro atoms. The number of aromatic nitrogens is 1. The molecule has 104 valence electrons. The number of fused-ring (bicyclic) bond motifs is 1. The molecule has 0 aliphatic heterocycles. The number of carbonyl (C=O) groups excluding carboxylic acids is 1. The molecule has 0 amide bonds. The summed E-state index contributed by atoms with van der Waals surface area (Å²) in [5, 5.41) is 10.2. The third-order valence-corrected chi connectivity index (χ3v) is 3.50. The van der Waals surface area contributed by atoms with Crippen molar-refractivity contribution in [1.29, 1.82) is 0 Å². The van der Waals surface area contributed by atoms with Crippen LogP contribution in [0.15, 0.2) is 59.4 Å². The Morgan fingerprint density at radius 3 is 2.48 bits per heavy atom. The number of aliphatic hydroxyl groups excluding tert-OH is 1. The van der Waals surface area contributed by atoms with Crippen molar-refractivity contribution in [3.8, 4) is 0 Å². The fourth-order valence-corrected chi connectivity index (χ4v) is 2.38. The number of benzene rings is 1. The van der Waals surface area contributed by atoms with Crippen molar-refractivity contribution < 1.29 is 9.90 Å². The Hall–Kier alpha value is -2.75. The Kier molecular flexibility index (Phi) is 3.36. The molecule has 4 nitrogen and oxygen atoms in total. The van der Waals surface area contributed by atoms with Gasteiger partial charge in [-0.2, -0.15) is 0 Å². The number of hydrogen-bond donors (Lipinski definition) is 1. The Morgan fingerprint density at radius 2 is 1.81 bits per heavy atom. The second-order valence-corrected chi connectivity index (χ2v) is 4.86. The van der Waals surface area contributed by atoms with Gasteiger partial charge in [-0.15, -0.1) is 0 Å². The van der Waals surface area contributed by atoms with Gasteiger partial charge in [-0.1, -0.05) is 24.3 Å². The van der Waals surface area contributed by atoms with Gasteiger partial charge in [0.25, 0.3) is 0 Å². The molecule has 0 radical (unpaired) electrons. The van der Waals surface area contributed by atoms with E-state index in [1.165, 1.54) is 0 Å². The third kappa shape index (κ3) is 2.36. The first-order valence-corrected chi connectivity index (χ1v) is 6.66. The maximum Gasteiger partial charge on any atom is 0.199 e. The Labute approximate surface area is 122 Å². The summed E-state index contributed by atoms with van der Waals surface area (Å²) in [5.74, 6) is -0.148. The molecule has 21 heavy (non-hydrogen) atoms. The van der Waals surface area contributed by atoms with Crippen LogP contribution in [0.5, 0.6) is 0 Å². The van der Waals surface area contributed by atoms with Crippen LogP contribution in [0.2, 0.25) is 0 Å². The van der Waals surface area contributed by atoms with E-state index in [1.54, 1.807) is 43.6 Å². The maximum atomic E-state index is 12.4. The van der Waals surface area contributed by atoms with E-state index in [4.69, 9.17) is 0 Å². The number of hydrogen-bond acceptors (Lipinski definition) is 4. The molecule has 2 aromatic rings. The van der Waals surface area contributed by atoms with E-state index >= 15 is 0 Å². The highest BCUT2D eigenvalue weighted by Crippen LogP contribution is 2.31. The van der Waals surface area contributed by atoms with Gasteiger partial charge in [0.15, 0.2) is 5.78 Å². The van der Waals surface area contributed by atoms with Gasteiger partial charge in [0.05, 0.1) is 12.1 Å². The summed E-state index contributed by atoms with van der Waals surface area (Å²) < 4.78 is 0. The molecule has 0 unspecified atom stereocenters. The van der Waals surface area contributed by atoms with Crippen LogP contribution in [0.4, 0.5) is 0 Å². The predicted octanol–water partition coefficient (Wildman–Crippen LogP) is 3.21. The van der Waals surface area contributed by atoms with E-state index in [9.17, 15) is 9.90 Å². The molecule has 3 rings (SSSR count). The molecule has 1 aromatic carbocycles. The molecule has 0 saturated carbocycles. The standard InChI is InChI=1S/C17H14N2O2/c1-11(19-10-12-6-8-18-9-7-12)15-16(20)13-4-2-3-5-14(13)17(15)21/h2-9,20H,10H2,1H3. The van der Waals surface area contributed by atoms with Gasteiger partial charge >= 0.3 is 0 Å². The zero-order valence-electron chi connectivity index (χ0n) is 11.6. The summed E-state index contributed by atoms with van der Waals surface area (Å²) in [5.41, 5.74) is 2.96. The van der Waals surface area contributed by atoms with Crippen molar-refractivity contribution in [3.63, 3.8) is 0 Å². The van der Waals surface area contributed by atoms with Crippen LogP contribution in [-0.2, 0) is 6.54 Å². The molecule has 1 heterocycles. The van der Waals surface area contributed by atoms with Gasteiger partial charge < -0.3 is 5.11 Å². The molecular formula is C17H14N2O2.